The van der Waals surface area contributed by atoms with Gasteiger partial charge in [0, 0.05) is 17.1 Å². The first-order valence-corrected chi connectivity index (χ1v) is 6.77. The van der Waals surface area contributed by atoms with Gasteiger partial charge >= 0.3 is 0 Å². The zero-order valence-electron chi connectivity index (χ0n) is 9.99. The zero-order chi connectivity index (χ0) is 13.1. The van der Waals surface area contributed by atoms with Crippen molar-refractivity contribution in [3.05, 3.63) is 47.8 Å². The van der Waals surface area contributed by atoms with E-state index in [1.807, 2.05) is 31.2 Å². The van der Waals surface area contributed by atoms with Gasteiger partial charge in [-0.2, -0.15) is 5.10 Å². The maximum absolute atomic E-state index is 9.87. The van der Waals surface area contributed by atoms with Crippen LogP contribution >= 0.6 is 15.9 Å². The SMILES string of the molecule is Cc1cccc(-n2cc(C(O)C(O)CBr)cn2)c1. The van der Waals surface area contributed by atoms with E-state index in [4.69, 9.17) is 0 Å². The first-order valence-electron chi connectivity index (χ1n) is 5.65. The van der Waals surface area contributed by atoms with E-state index in [1.165, 1.54) is 0 Å². The Hall–Kier alpha value is -1.17. The molecule has 1 aromatic carbocycles. The molecule has 0 aliphatic rings. The van der Waals surface area contributed by atoms with Gasteiger partial charge in [-0.25, -0.2) is 4.68 Å². The Morgan fingerprint density at radius 1 is 1.39 bits per heavy atom. The summed E-state index contributed by atoms with van der Waals surface area (Å²) in [5, 5.41) is 24.0. The summed E-state index contributed by atoms with van der Waals surface area (Å²) >= 11 is 3.14. The molecule has 0 saturated heterocycles. The van der Waals surface area contributed by atoms with Crippen LogP contribution in [0.3, 0.4) is 0 Å². The van der Waals surface area contributed by atoms with Crippen molar-refractivity contribution in [2.24, 2.45) is 0 Å². The second-order valence-corrected chi connectivity index (χ2v) is 4.87. The van der Waals surface area contributed by atoms with Gasteiger partial charge in [0.15, 0.2) is 0 Å². The molecule has 0 radical (unpaired) electrons. The van der Waals surface area contributed by atoms with E-state index in [9.17, 15) is 10.2 Å². The highest BCUT2D eigenvalue weighted by Crippen LogP contribution is 2.19. The van der Waals surface area contributed by atoms with E-state index in [-0.39, 0.29) is 0 Å². The summed E-state index contributed by atoms with van der Waals surface area (Å²) in [7, 11) is 0. The molecule has 0 aliphatic heterocycles. The van der Waals surface area contributed by atoms with E-state index in [0.29, 0.717) is 10.9 Å². The van der Waals surface area contributed by atoms with Crippen molar-refractivity contribution in [1.29, 1.82) is 0 Å². The van der Waals surface area contributed by atoms with Crippen molar-refractivity contribution in [2.45, 2.75) is 19.1 Å². The molecule has 2 atom stereocenters. The molecule has 2 aromatic rings. The van der Waals surface area contributed by atoms with E-state index in [2.05, 4.69) is 21.0 Å². The highest BCUT2D eigenvalue weighted by Gasteiger charge is 2.18. The largest absolute Gasteiger partial charge is 0.389 e. The molecule has 5 heteroatoms. The van der Waals surface area contributed by atoms with Gasteiger partial charge in [-0.05, 0) is 24.6 Å². The summed E-state index contributed by atoms with van der Waals surface area (Å²) in [4.78, 5) is 0. The van der Waals surface area contributed by atoms with Crippen LogP contribution in [0, 0.1) is 6.92 Å². The average molecular weight is 311 g/mol. The molecule has 0 fully saturated rings. The number of aromatic nitrogens is 2. The smallest absolute Gasteiger partial charge is 0.109 e. The molecular formula is C13H15BrN2O2. The van der Waals surface area contributed by atoms with Crippen molar-refractivity contribution < 1.29 is 10.2 Å². The lowest BCUT2D eigenvalue weighted by Crippen LogP contribution is -2.18. The number of hydrogen-bond donors (Lipinski definition) is 2. The van der Waals surface area contributed by atoms with Crippen LogP contribution in [0.5, 0.6) is 0 Å². The van der Waals surface area contributed by atoms with Gasteiger partial charge in [-0.15, -0.1) is 0 Å². The molecule has 1 heterocycles. The summed E-state index contributed by atoms with van der Waals surface area (Å²) < 4.78 is 1.69. The van der Waals surface area contributed by atoms with Gasteiger partial charge in [-0.3, -0.25) is 0 Å². The van der Waals surface area contributed by atoms with Gasteiger partial charge in [0.2, 0.25) is 0 Å². The van der Waals surface area contributed by atoms with Crippen LogP contribution in [0.4, 0.5) is 0 Å². The molecule has 0 aliphatic carbocycles. The standard InChI is InChI=1S/C13H15BrN2O2/c1-9-3-2-4-11(5-9)16-8-10(7-15-16)13(18)12(17)6-14/h2-5,7-8,12-13,17-18H,6H2,1H3. The fraction of sp³-hybridized carbons (Fsp3) is 0.308. The topological polar surface area (TPSA) is 58.3 Å². The van der Waals surface area contributed by atoms with Crippen LogP contribution in [-0.2, 0) is 0 Å². The predicted octanol–water partition coefficient (Wildman–Crippen LogP) is 1.97. The average Bonchev–Trinajstić information content (AvgIpc) is 2.86. The molecule has 96 valence electrons. The van der Waals surface area contributed by atoms with Gasteiger partial charge in [-0.1, -0.05) is 28.1 Å². The fourth-order valence-electron chi connectivity index (χ4n) is 1.71. The molecule has 0 spiro atoms. The number of aryl methyl sites for hydroxylation is 1. The Balaban J connectivity index is 2.25. The fourth-order valence-corrected chi connectivity index (χ4v) is 2.06. The van der Waals surface area contributed by atoms with E-state index in [0.717, 1.165) is 11.3 Å². The van der Waals surface area contributed by atoms with Crippen LogP contribution < -0.4 is 0 Å². The van der Waals surface area contributed by atoms with E-state index >= 15 is 0 Å². The Bertz CT molecular complexity index is 527. The molecule has 2 rings (SSSR count). The number of aliphatic hydroxyl groups excluding tert-OH is 2. The quantitative estimate of drug-likeness (QED) is 0.849. The summed E-state index contributed by atoms with van der Waals surface area (Å²) in [6.07, 6.45) is 1.53. The number of hydrogen-bond acceptors (Lipinski definition) is 3. The van der Waals surface area contributed by atoms with Crippen molar-refractivity contribution in [1.82, 2.24) is 9.78 Å². The third-order valence-electron chi connectivity index (χ3n) is 2.73. The zero-order valence-corrected chi connectivity index (χ0v) is 11.6. The minimum atomic E-state index is -0.928. The second kappa shape index (κ2) is 5.65. The van der Waals surface area contributed by atoms with Crippen molar-refractivity contribution in [3.8, 4) is 5.69 Å². The van der Waals surface area contributed by atoms with Crippen molar-refractivity contribution in [2.75, 3.05) is 5.33 Å². The van der Waals surface area contributed by atoms with Crippen LogP contribution in [0.25, 0.3) is 5.69 Å². The number of halogens is 1. The van der Waals surface area contributed by atoms with Crippen molar-refractivity contribution >= 4 is 15.9 Å². The number of benzene rings is 1. The number of alkyl halides is 1. The lowest BCUT2D eigenvalue weighted by atomic mass is 10.1. The molecule has 18 heavy (non-hydrogen) atoms. The summed E-state index contributed by atoms with van der Waals surface area (Å²) in [5.41, 5.74) is 2.68. The molecule has 2 unspecified atom stereocenters. The lowest BCUT2D eigenvalue weighted by Gasteiger charge is -2.13. The molecule has 1 aromatic heterocycles. The maximum Gasteiger partial charge on any atom is 0.109 e. The summed E-state index contributed by atoms with van der Waals surface area (Å²) in [6.45, 7) is 2.01. The van der Waals surface area contributed by atoms with E-state index in [1.54, 1.807) is 17.1 Å². The number of nitrogens with zero attached hydrogens (tertiary/aromatic N) is 2. The molecule has 0 amide bonds. The molecule has 0 saturated carbocycles. The number of aliphatic hydroxyl groups is 2. The Kier molecular flexibility index (Phi) is 4.16. The summed E-state index contributed by atoms with van der Waals surface area (Å²) in [5.74, 6) is 0. The van der Waals surface area contributed by atoms with Crippen LogP contribution in [0.15, 0.2) is 36.7 Å². The van der Waals surface area contributed by atoms with Gasteiger partial charge in [0.1, 0.15) is 6.10 Å². The summed E-state index contributed by atoms with van der Waals surface area (Å²) in [6, 6.07) is 7.91. The van der Waals surface area contributed by atoms with Gasteiger partial charge in [0.05, 0.1) is 18.0 Å². The molecular weight excluding hydrogens is 296 g/mol. The first kappa shape index (κ1) is 13.3. The Morgan fingerprint density at radius 2 is 2.17 bits per heavy atom. The van der Waals surface area contributed by atoms with E-state index < -0.39 is 12.2 Å². The predicted molar refractivity (Wildman–Crippen MR) is 73.1 cm³/mol. The monoisotopic (exact) mass is 310 g/mol. The minimum Gasteiger partial charge on any atom is -0.389 e. The maximum atomic E-state index is 9.87. The molecule has 2 N–H and O–H groups in total. The molecule has 0 bridgehead atoms. The second-order valence-electron chi connectivity index (χ2n) is 4.22. The highest BCUT2D eigenvalue weighted by atomic mass is 79.9. The Labute approximate surface area is 114 Å². The Morgan fingerprint density at radius 3 is 2.83 bits per heavy atom. The molecule has 4 nitrogen and oxygen atoms in total. The van der Waals surface area contributed by atoms with Gasteiger partial charge in [0.25, 0.3) is 0 Å². The van der Waals surface area contributed by atoms with Crippen molar-refractivity contribution in [3.63, 3.8) is 0 Å². The third-order valence-corrected chi connectivity index (χ3v) is 3.40. The van der Waals surface area contributed by atoms with Crippen LogP contribution in [-0.4, -0.2) is 31.4 Å². The lowest BCUT2D eigenvalue weighted by molar-refractivity contribution is 0.0342. The van der Waals surface area contributed by atoms with Crippen LogP contribution in [0.2, 0.25) is 0 Å². The number of rotatable bonds is 4. The van der Waals surface area contributed by atoms with Crippen LogP contribution in [0.1, 0.15) is 17.2 Å². The third kappa shape index (κ3) is 2.80. The minimum absolute atomic E-state index is 0.323. The first-order chi connectivity index (χ1) is 8.61. The highest BCUT2D eigenvalue weighted by molar-refractivity contribution is 9.09. The van der Waals surface area contributed by atoms with Gasteiger partial charge < -0.3 is 10.2 Å². The normalized spacial score (nSPS) is 14.4.